The summed E-state index contributed by atoms with van der Waals surface area (Å²) in [6, 6.07) is 9.30. The highest BCUT2D eigenvalue weighted by Crippen LogP contribution is 2.24. The van der Waals surface area contributed by atoms with Gasteiger partial charge in [0.25, 0.3) is 5.56 Å². The molecule has 0 aliphatic carbocycles. The largest absolute Gasteiger partial charge is 0.324 e. The van der Waals surface area contributed by atoms with Crippen molar-refractivity contribution in [3.05, 3.63) is 69.2 Å². The summed E-state index contributed by atoms with van der Waals surface area (Å²) >= 11 is 11.7. The van der Waals surface area contributed by atoms with Crippen molar-refractivity contribution in [3.63, 3.8) is 0 Å². The Bertz CT molecular complexity index is 937. The fourth-order valence-corrected chi connectivity index (χ4v) is 2.29. The maximum atomic E-state index is 12.1. The van der Waals surface area contributed by atoms with E-state index in [1.807, 2.05) is 0 Å². The van der Waals surface area contributed by atoms with Crippen molar-refractivity contribution in [3.8, 4) is 5.82 Å². The van der Waals surface area contributed by atoms with Gasteiger partial charge >= 0.3 is 0 Å². The van der Waals surface area contributed by atoms with E-state index in [0.29, 0.717) is 21.6 Å². The zero-order valence-corrected chi connectivity index (χ0v) is 13.7. The van der Waals surface area contributed by atoms with E-state index in [1.54, 1.807) is 30.6 Å². The second kappa shape index (κ2) is 6.86. The van der Waals surface area contributed by atoms with Gasteiger partial charge < -0.3 is 5.32 Å². The summed E-state index contributed by atoms with van der Waals surface area (Å²) in [4.78, 5) is 24.0. The summed E-state index contributed by atoms with van der Waals surface area (Å²) in [7, 11) is 0. The number of rotatable bonds is 4. The topological polar surface area (TPSA) is 81.8 Å². The van der Waals surface area contributed by atoms with Crippen LogP contribution in [0, 0.1) is 0 Å². The molecule has 3 aromatic rings. The standard InChI is InChI=1S/C15H11Cl2N5O2/c16-11-3-2-10(8-12(11)17)19-14(23)9-22-15(24)5-4-13(20-22)21-7-1-6-18-21/h1-8H,9H2,(H,19,23). The number of anilines is 1. The molecule has 0 aliphatic rings. The lowest BCUT2D eigenvalue weighted by Crippen LogP contribution is -2.30. The molecule has 0 atom stereocenters. The molecule has 1 amide bonds. The van der Waals surface area contributed by atoms with E-state index in [-0.39, 0.29) is 6.54 Å². The van der Waals surface area contributed by atoms with Crippen molar-refractivity contribution >= 4 is 34.8 Å². The van der Waals surface area contributed by atoms with E-state index in [2.05, 4.69) is 15.5 Å². The van der Waals surface area contributed by atoms with Gasteiger partial charge in [-0.15, -0.1) is 5.10 Å². The Morgan fingerprint density at radius 1 is 1.17 bits per heavy atom. The Balaban J connectivity index is 1.77. The maximum absolute atomic E-state index is 12.1. The van der Waals surface area contributed by atoms with Crippen molar-refractivity contribution in [2.45, 2.75) is 6.54 Å². The highest BCUT2D eigenvalue weighted by Gasteiger charge is 2.09. The average Bonchev–Trinajstić information content (AvgIpc) is 3.07. The van der Waals surface area contributed by atoms with Crippen LogP contribution in [0.3, 0.4) is 0 Å². The van der Waals surface area contributed by atoms with Gasteiger partial charge in [0.1, 0.15) is 6.54 Å². The minimum absolute atomic E-state index is 0.242. The Labute approximate surface area is 146 Å². The van der Waals surface area contributed by atoms with Crippen LogP contribution in [-0.2, 0) is 11.3 Å². The highest BCUT2D eigenvalue weighted by molar-refractivity contribution is 6.42. The fraction of sp³-hybridized carbons (Fsp3) is 0.0667. The molecule has 0 aliphatic heterocycles. The van der Waals surface area contributed by atoms with Crippen LogP contribution in [0.4, 0.5) is 5.69 Å². The summed E-state index contributed by atoms with van der Waals surface area (Å²) in [5.41, 5.74) is 0.0841. The number of amides is 1. The number of carbonyl (C=O) groups excluding carboxylic acids is 1. The van der Waals surface area contributed by atoms with E-state index in [4.69, 9.17) is 23.2 Å². The third-order valence-corrected chi connectivity index (χ3v) is 3.83. The lowest BCUT2D eigenvalue weighted by Gasteiger charge is -2.08. The summed E-state index contributed by atoms with van der Waals surface area (Å²) in [6.45, 7) is -0.242. The molecule has 9 heteroatoms. The zero-order chi connectivity index (χ0) is 17.1. The number of aromatic nitrogens is 4. The Morgan fingerprint density at radius 3 is 2.71 bits per heavy atom. The molecule has 0 saturated heterocycles. The van der Waals surface area contributed by atoms with Crippen LogP contribution < -0.4 is 10.9 Å². The highest BCUT2D eigenvalue weighted by atomic mass is 35.5. The molecule has 7 nitrogen and oxygen atoms in total. The number of nitrogens with zero attached hydrogens (tertiary/aromatic N) is 4. The van der Waals surface area contributed by atoms with Crippen LogP contribution in [0.25, 0.3) is 5.82 Å². The molecule has 2 heterocycles. The molecule has 122 valence electrons. The minimum Gasteiger partial charge on any atom is -0.324 e. The monoisotopic (exact) mass is 363 g/mol. The van der Waals surface area contributed by atoms with Gasteiger partial charge in [-0.05, 0) is 30.3 Å². The van der Waals surface area contributed by atoms with Gasteiger partial charge in [-0.25, -0.2) is 9.36 Å². The normalized spacial score (nSPS) is 10.6. The van der Waals surface area contributed by atoms with Crippen molar-refractivity contribution in [2.24, 2.45) is 0 Å². The van der Waals surface area contributed by atoms with E-state index in [9.17, 15) is 9.59 Å². The van der Waals surface area contributed by atoms with Crippen molar-refractivity contribution in [1.82, 2.24) is 19.6 Å². The fourth-order valence-electron chi connectivity index (χ4n) is 1.99. The van der Waals surface area contributed by atoms with Gasteiger partial charge in [-0.3, -0.25) is 9.59 Å². The molecule has 3 rings (SSSR count). The minimum atomic E-state index is -0.416. The summed E-state index contributed by atoms with van der Waals surface area (Å²) in [5, 5.41) is 11.5. The first-order valence-electron chi connectivity index (χ1n) is 6.86. The lowest BCUT2D eigenvalue weighted by atomic mass is 10.3. The molecular formula is C15H11Cl2N5O2. The van der Waals surface area contributed by atoms with Gasteiger partial charge in [0.05, 0.1) is 10.0 Å². The van der Waals surface area contributed by atoms with E-state index < -0.39 is 11.5 Å². The Morgan fingerprint density at radius 2 is 2.00 bits per heavy atom. The molecular weight excluding hydrogens is 353 g/mol. The molecule has 0 spiro atoms. The van der Waals surface area contributed by atoms with Crippen LogP contribution in [0.5, 0.6) is 0 Å². The summed E-state index contributed by atoms with van der Waals surface area (Å²) < 4.78 is 2.55. The number of nitrogens with one attached hydrogen (secondary N) is 1. The summed E-state index contributed by atoms with van der Waals surface area (Å²) in [5.74, 6) is 0.0162. The number of halogens is 2. The molecule has 0 bridgehead atoms. The smallest absolute Gasteiger partial charge is 0.267 e. The molecule has 24 heavy (non-hydrogen) atoms. The van der Waals surface area contributed by atoms with Crippen LogP contribution in [0.15, 0.2) is 53.6 Å². The first-order valence-corrected chi connectivity index (χ1v) is 7.61. The average molecular weight is 364 g/mol. The van der Waals surface area contributed by atoms with E-state index in [0.717, 1.165) is 4.68 Å². The predicted molar refractivity (Wildman–Crippen MR) is 90.7 cm³/mol. The third-order valence-electron chi connectivity index (χ3n) is 3.09. The van der Waals surface area contributed by atoms with Crippen molar-refractivity contribution < 1.29 is 4.79 Å². The first-order chi connectivity index (χ1) is 11.5. The first kappa shape index (κ1) is 16.2. The molecule has 1 N–H and O–H groups in total. The van der Waals surface area contributed by atoms with Gasteiger partial charge in [0.2, 0.25) is 5.91 Å². The molecule has 1 aromatic carbocycles. The van der Waals surface area contributed by atoms with Crippen LogP contribution >= 0.6 is 23.2 Å². The predicted octanol–water partition coefficient (Wildman–Crippen LogP) is 2.37. The molecule has 0 radical (unpaired) electrons. The molecule has 2 aromatic heterocycles. The maximum Gasteiger partial charge on any atom is 0.267 e. The van der Waals surface area contributed by atoms with Crippen LogP contribution in [-0.4, -0.2) is 25.5 Å². The summed E-state index contributed by atoms with van der Waals surface area (Å²) in [6.07, 6.45) is 3.28. The Hall–Kier alpha value is -2.64. The Kier molecular flexibility index (Phi) is 4.64. The second-order valence-electron chi connectivity index (χ2n) is 4.82. The molecule has 0 fully saturated rings. The number of carbonyl (C=O) groups is 1. The van der Waals surface area contributed by atoms with Gasteiger partial charge in [0.15, 0.2) is 5.82 Å². The van der Waals surface area contributed by atoms with E-state index >= 15 is 0 Å². The van der Waals surface area contributed by atoms with Gasteiger partial charge in [-0.1, -0.05) is 23.2 Å². The van der Waals surface area contributed by atoms with Crippen LogP contribution in [0.2, 0.25) is 10.0 Å². The lowest BCUT2D eigenvalue weighted by molar-refractivity contribution is -0.117. The number of hydrogen-bond donors (Lipinski definition) is 1. The van der Waals surface area contributed by atoms with Crippen LogP contribution in [0.1, 0.15) is 0 Å². The molecule has 0 saturated carbocycles. The number of hydrogen-bond acceptors (Lipinski definition) is 4. The number of benzene rings is 1. The van der Waals surface area contributed by atoms with Gasteiger partial charge in [-0.2, -0.15) is 5.10 Å². The van der Waals surface area contributed by atoms with E-state index in [1.165, 1.54) is 22.9 Å². The molecule has 0 unspecified atom stereocenters. The van der Waals surface area contributed by atoms with Crippen molar-refractivity contribution in [2.75, 3.05) is 5.32 Å². The SMILES string of the molecule is O=C(Cn1nc(-n2cccn2)ccc1=O)Nc1ccc(Cl)c(Cl)c1. The third kappa shape index (κ3) is 3.64. The quantitative estimate of drug-likeness (QED) is 0.771. The van der Waals surface area contributed by atoms with Gasteiger partial charge in [0, 0.05) is 24.1 Å². The zero-order valence-electron chi connectivity index (χ0n) is 12.2. The second-order valence-corrected chi connectivity index (χ2v) is 5.63. The van der Waals surface area contributed by atoms with Crippen molar-refractivity contribution in [1.29, 1.82) is 0 Å².